The van der Waals surface area contributed by atoms with Crippen LogP contribution in [0.4, 0.5) is 0 Å². The number of aryl methyl sites for hydroxylation is 1. The van der Waals surface area contributed by atoms with Gasteiger partial charge >= 0.3 is 0 Å². The van der Waals surface area contributed by atoms with E-state index in [4.69, 9.17) is 4.74 Å². The highest BCUT2D eigenvalue weighted by Crippen LogP contribution is 2.44. The van der Waals surface area contributed by atoms with Gasteiger partial charge in [0.05, 0.1) is 7.11 Å². The average molecular weight is 313 g/mol. The molecule has 0 bridgehead atoms. The zero-order valence-corrected chi connectivity index (χ0v) is 14.5. The highest BCUT2D eigenvalue weighted by atomic mass is 16.5. The smallest absolute Gasteiger partial charge is 0.238 e. The van der Waals surface area contributed by atoms with Gasteiger partial charge in [0.15, 0.2) is 0 Å². The van der Waals surface area contributed by atoms with Crippen molar-refractivity contribution in [2.75, 3.05) is 20.2 Å². The Balaban J connectivity index is 1.72. The van der Waals surface area contributed by atoms with E-state index < -0.39 is 0 Å². The molecule has 1 aliphatic carbocycles. The molecule has 4 nitrogen and oxygen atoms in total. The maximum Gasteiger partial charge on any atom is 0.238 e. The van der Waals surface area contributed by atoms with Gasteiger partial charge in [-0.2, -0.15) is 0 Å². The fourth-order valence-corrected chi connectivity index (χ4v) is 4.07. The van der Waals surface area contributed by atoms with E-state index in [9.17, 15) is 0 Å². The Hall–Kier alpha value is -1.55. The molecule has 2 fully saturated rings. The first kappa shape index (κ1) is 15.0. The highest BCUT2D eigenvalue weighted by molar-refractivity contribution is 5.89. The van der Waals surface area contributed by atoms with Crippen LogP contribution in [0.15, 0.2) is 12.3 Å². The molecule has 124 valence electrons. The maximum atomic E-state index is 5.54. The summed E-state index contributed by atoms with van der Waals surface area (Å²) in [7, 11) is 3.88. The molecule has 1 aliphatic heterocycles. The molecule has 1 saturated carbocycles. The van der Waals surface area contributed by atoms with Gasteiger partial charge in [0.25, 0.3) is 0 Å². The molecule has 0 radical (unpaired) electrons. The first-order chi connectivity index (χ1) is 11.2. The van der Waals surface area contributed by atoms with Crippen molar-refractivity contribution >= 4 is 10.9 Å². The second-order valence-electron chi connectivity index (χ2n) is 7.44. The number of rotatable bonds is 4. The standard InChI is InChI=1S/C19H27N3O/c1-13-5-4-8-22(11-13)12-15-9-16-17(14-6-7-14)10-20-19(23-3)18(16)21(15)2/h9-10,13-14H,4-8,11-12H2,1-3H3/t13-/m0/s1. The largest absolute Gasteiger partial charge is 0.479 e. The summed E-state index contributed by atoms with van der Waals surface area (Å²) in [4.78, 5) is 7.16. The fraction of sp³-hybridized carbons (Fsp3) is 0.632. The molecule has 1 saturated heterocycles. The summed E-state index contributed by atoms with van der Waals surface area (Å²) >= 11 is 0. The SMILES string of the molecule is COc1ncc(C2CC2)c2cc(CN3CCC[C@H](C)C3)n(C)c12. The summed E-state index contributed by atoms with van der Waals surface area (Å²) in [5.41, 5.74) is 3.95. The molecule has 3 heterocycles. The summed E-state index contributed by atoms with van der Waals surface area (Å²) in [6.07, 6.45) is 7.33. The van der Waals surface area contributed by atoms with E-state index in [1.54, 1.807) is 7.11 Å². The molecular formula is C19H27N3O. The third-order valence-electron chi connectivity index (χ3n) is 5.50. The van der Waals surface area contributed by atoms with Gasteiger partial charge in [-0.1, -0.05) is 6.92 Å². The quantitative estimate of drug-likeness (QED) is 0.862. The molecule has 0 aromatic carbocycles. The minimum absolute atomic E-state index is 0.709. The van der Waals surface area contributed by atoms with Crippen molar-refractivity contribution in [3.8, 4) is 5.88 Å². The molecule has 0 amide bonds. The summed E-state index contributed by atoms with van der Waals surface area (Å²) in [5.74, 6) is 2.28. The molecule has 2 aliphatic rings. The van der Waals surface area contributed by atoms with Crippen molar-refractivity contribution in [3.05, 3.63) is 23.5 Å². The molecule has 1 atom stereocenters. The van der Waals surface area contributed by atoms with E-state index in [2.05, 4.69) is 34.5 Å². The molecule has 0 spiro atoms. The molecule has 4 rings (SSSR count). The summed E-state index contributed by atoms with van der Waals surface area (Å²) in [5, 5.41) is 1.35. The number of methoxy groups -OCH3 is 1. The Labute approximate surface area is 138 Å². The lowest BCUT2D eigenvalue weighted by Crippen LogP contribution is -2.34. The lowest BCUT2D eigenvalue weighted by Gasteiger charge is -2.30. The van der Waals surface area contributed by atoms with E-state index in [0.717, 1.165) is 23.9 Å². The predicted octanol–water partition coefficient (Wildman–Crippen LogP) is 3.69. The van der Waals surface area contributed by atoms with Gasteiger partial charge < -0.3 is 9.30 Å². The molecule has 0 N–H and O–H groups in total. The number of hydrogen-bond donors (Lipinski definition) is 0. The van der Waals surface area contributed by atoms with E-state index in [1.165, 1.54) is 55.4 Å². The Morgan fingerprint density at radius 1 is 1.30 bits per heavy atom. The Kier molecular flexibility index (Phi) is 3.80. The van der Waals surface area contributed by atoms with E-state index in [0.29, 0.717) is 5.92 Å². The maximum absolute atomic E-state index is 5.54. The Bertz CT molecular complexity index is 717. The Morgan fingerprint density at radius 3 is 2.83 bits per heavy atom. The molecule has 2 aromatic rings. The third kappa shape index (κ3) is 2.74. The van der Waals surface area contributed by atoms with Crippen LogP contribution in [0.25, 0.3) is 10.9 Å². The lowest BCUT2D eigenvalue weighted by molar-refractivity contribution is 0.173. The zero-order chi connectivity index (χ0) is 16.0. The molecule has 0 unspecified atom stereocenters. The van der Waals surface area contributed by atoms with Crippen molar-refractivity contribution in [3.63, 3.8) is 0 Å². The van der Waals surface area contributed by atoms with Gasteiger partial charge in [-0.25, -0.2) is 4.98 Å². The topological polar surface area (TPSA) is 30.3 Å². The van der Waals surface area contributed by atoms with Crippen LogP contribution in [0.3, 0.4) is 0 Å². The summed E-state index contributed by atoms with van der Waals surface area (Å²) in [6, 6.07) is 2.38. The number of nitrogens with zero attached hydrogens (tertiary/aromatic N) is 3. The van der Waals surface area contributed by atoms with Gasteiger partial charge in [-0.05, 0) is 55.7 Å². The number of aromatic nitrogens is 2. The van der Waals surface area contributed by atoms with Crippen molar-refractivity contribution < 1.29 is 4.74 Å². The van der Waals surface area contributed by atoms with Crippen LogP contribution in [0.1, 0.15) is 49.8 Å². The molecule has 2 aromatic heterocycles. The number of hydrogen-bond acceptors (Lipinski definition) is 3. The van der Waals surface area contributed by atoms with E-state index >= 15 is 0 Å². The minimum Gasteiger partial charge on any atom is -0.479 e. The number of piperidine rings is 1. The zero-order valence-electron chi connectivity index (χ0n) is 14.5. The second kappa shape index (κ2) is 5.82. The molecule has 4 heteroatoms. The number of ether oxygens (including phenoxy) is 1. The normalized spacial score (nSPS) is 22.7. The number of likely N-dealkylation sites (tertiary alicyclic amines) is 1. The summed E-state index contributed by atoms with van der Waals surface area (Å²) < 4.78 is 7.84. The Morgan fingerprint density at radius 2 is 2.13 bits per heavy atom. The van der Waals surface area contributed by atoms with Crippen molar-refractivity contribution in [1.82, 2.24) is 14.5 Å². The van der Waals surface area contributed by atoms with Crippen LogP contribution >= 0.6 is 0 Å². The first-order valence-corrected chi connectivity index (χ1v) is 8.91. The van der Waals surface area contributed by atoms with Crippen LogP contribution in [-0.4, -0.2) is 34.7 Å². The lowest BCUT2D eigenvalue weighted by atomic mass is 10.0. The number of pyridine rings is 1. The predicted molar refractivity (Wildman–Crippen MR) is 92.9 cm³/mol. The monoisotopic (exact) mass is 313 g/mol. The fourth-order valence-electron chi connectivity index (χ4n) is 4.07. The van der Waals surface area contributed by atoms with Gasteiger partial charge in [0.2, 0.25) is 5.88 Å². The van der Waals surface area contributed by atoms with Crippen LogP contribution < -0.4 is 4.74 Å². The molecule has 23 heavy (non-hydrogen) atoms. The third-order valence-corrected chi connectivity index (χ3v) is 5.50. The van der Waals surface area contributed by atoms with E-state index in [-0.39, 0.29) is 0 Å². The van der Waals surface area contributed by atoms with Gasteiger partial charge in [0.1, 0.15) is 5.52 Å². The summed E-state index contributed by atoms with van der Waals surface area (Å²) in [6.45, 7) is 5.83. The highest BCUT2D eigenvalue weighted by Gasteiger charge is 2.28. The first-order valence-electron chi connectivity index (χ1n) is 8.91. The molecular weight excluding hydrogens is 286 g/mol. The van der Waals surface area contributed by atoms with Gasteiger partial charge in [-0.3, -0.25) is 4.90 Å². The van der Waals surface area contributed by atoms with Gasteiger partial charge in [0, 0.05) is 37.4 Å². The van der Waals surface area contributed by atoms with Crippen molar-refractivity contribution in [1.29, 1.82) is 0 Å². The average Bonchev–Trinajstić information content (AvgIpc) is 3.33. The van der Waals surface area contributed by atoms with Crippen LogP contribution in [0.2, 0.25) is 0 Å². The van der Waals surface area contributed by atoms with Crippen molar-refractivity contribution in [2.45, 2.75) is 45.1 Å². The van der Waals surface area contributed by atoms with Crippen LogP contribution in [0.5, 0.6) is 5.88 Å². The van der Waals surface area contributed by atoms with Crippen molar-refractivity contribution in [2.24, 2.45) is 13.0 Å². The second-order valence-corrected chi connectivity index (χ2v) is 7.44. The number of fused-ring (bicyclic) bond motifs is 1. The minimum atomic E-state index is 0.709. The van der Waals surface area contributed by atoms with Crippen LogP contribution in [0, 0.1) is 5.92 Å². The van der Waals surface area contributed by atoms with Crippen LogP contribution in [-0.2, 0) is 13.6 Å². The van der Waals surface area contributed by atoms with Gasteiger partial charge in [-0.15, -0.1) is 0 Å². The van der Waals surface area contributed by atoms with E-state index in [1.807, 2.05) is 6.20 Å².